The van der Waals surface area contributed by atoms with E-state index in [-0.39, 0.29) is 0 Å². The number of hydrogen-bond donors (Lipinski definition) is 0. The summed E-state index contributed by atoms with van der Waals surface area (Å²) < 4.78 is 0. The summed E-state index contributed by atoms with van der Waals surface area (Å²) in [5, 5.41) is 0. The van der Waals surface area contributed by atoms with Gasteiger partial charge >= 0.3 is 0 Å². The maximum atomic E-state index is 4.80. The fourth-order valence-corrected chi connectivity index (χ4v) is 2.69. The molecule has 1 aromatic carbocycles. The molecule has 0 atom stereocenters. The summed E-state index contributed by atoms with van der Waals surface area (Å²) in [6.07, 6.45) is 2.22. The average molecular weight is 268 g/mol. The normalized spacial score (nSPS) is 14.1. The molecule has 20 heavy (non-hydrogen) atoms. The zero-order valence-electron chi connectivity index (χ0n) is 12.3. The molecule has 0 spiro atoms. The molecule has 0 radical (unpaired) electrons. The van der Waals surface area contributed by atoms with Gasteiger partial charge in [0.05, 0.1) is 0 Å². The van der Waals surface area contributed by atoms with E-state index in [2.05, 4.69) is 29.0 Å². The fourth-order valence-electron chi connectivity index (χ4n) is 2.69. The van der Waals surface area contributed by atoms with Crippen molar-refractivity contribution in [2.24, 2.45) is 0 Å². The standard InChI is InChI=1S/C16H20N4/c1-19(2)15-13-10-7-11-20(3)16(13)18-14(17-15)12-8-5-4-6-9-12/h4-6,8-9H,7,10-11H2,1-3H3. The van der Waals surface area contributed by atoms with Gasteiger partial charge in [0, 0.05) is 38.8 Å². The van der Waals surface area contributed by atoms with Crippen LogP contribution < -0.4 is 9.80 Å². The molecule has 1 aliphatic heterocycles. The molecule has 104 valence electrons. The molecule has 2 aromatic rings. The molecule has 0 aliphatic carbocycles. The smallest absolute Gasteiger partial charge is 0.163 e. The first-order chi connectivity index (χ1) is 9.66. The summed E-state index contributed by atoms with van der Waals surface area (Å²) in [5.74, 6) is 2.93. The van der Waals surface area contributed by atoms with Gasteiger partial charge in [0.2, 0.25) is 0 Å². The van der Waals surface area contributed by atoms with E-state index in [1.165, 1.54) is 12.0 Å². The van der Waals surface area contributed by atoms with Crippen LogP contribution in [-0.4, -0.2) is 37.7 Å². The Kier molecular flexibility index (Phi) is 3.30. The van der Waals surface area contributed by atoms with Crippen LogP contribution in [0.5, 0.6) is 0 Å². The van der Waals surface area contributed by atoms with Gasteiger partial charge in [-0.15, -0.1) is 0 Å². The summed E-state index contributed by atoms with van der Waals surface area (Å²) >= 11 is 0. The quantitative estimate of drug-likeness (QED) is 0.838. The molecule has 0 bridgehead atoms. The Labute approximate surface area is 120 Å². The van der Waals surface area contributed by atoms with Crippen molar-refractivity contribution in [1.29, 1.82) is 0 Å². The van der Waals surface area contributed by atoms with Gasteiger partial charge in [-0.05, 0) is 12.8 Å². The first-order valence-corrected chi connectivity index (χ1v) is 7.01. The molecule has 4 heteroatoms. The maximum Gasteiger partial charge on any atom is 0.163 e. The van der Waals surface area contributed by atoms with Crippen molar-refractivity contribution in [2.45, 2.75) is 12.8 Å². The largest absolute Gasteiger partial charge is 0.362 e. The number of benzene rings is 1. The number of rotatable bonds is 2. The number of hydrogen-bond acceptors (Lipinski definition) is 4. The predicted molar refractivity (Wildman–Crippen MR) is 83.4 cm³/mol. The molecule has 0 saturated heterocycles. The Hall–Kier alpha value is -2.10. The Morgan fingerprint density at radius 3 is 2.55 bits per heavy atom. The lowest BCUT2D eigenvalue weighted by Crippen LogP contribution is -2.28. The molecule has 0 fully saturated rings. The van der Waals surface area contributed by atoms with Crippen LogP contribution in [-0.2, 0) is 6.42 Å². The topological polar surface area (TPSA) is 32.3 Å². The highest BCUT2D eigenvalue weighted by Crippen LogP contribution is 2.32. The van der Waals surface area contributed by atoms with Gasteiger partial charge in [-0.25, -0.2) is 9.97 Å². The predicted octanol–water partition coefficient (Wildman–Crippen LogP) is 2.59. The van der Waals surface area contributed by atoms with Gasteiger partial charge in [0.15, 0.2) is 5.82 Å². The van der Waals surface area contributed by atoms with Crippen molar-refractivity contribution >= 4 is 11.6 Å². The monoisotopic (exact) mass is 268 g/mol. The van der Waals surface area contributed by atoms with Crippen LogP contribution in [0.4, 0.5) is 11.6 Å². The lowest BCUT2D eigenvalue weighted by molar-refractivity contribution is 0.723. The van der Waals surface area contributed by atoms with Gasteiger partial charge in [0.1, 0.15) is 11.6 Å². The van der Waals surface area contributed by atoms with E-state index in [4.69, 9.17) is 9.97 Å². The number of anilines is 2. The third-order valence-electron chi connectivity index (χ3n) is 3.70. The zero-order valence-corrected chi connectivity index (χ0v) is 12.3. The van der Waals surface area contributed by atoms with Gasteiger partial charge < -0.3 is 9.80 Å². The number of aromatic nitrogens is 2. The minimum absolute atomic E-state index is 0.807. The number of fused-ring (bicyclic) bond motifs is 1. The van der Waals surface area contributed by atoms with Gasteiger partial charge in [-0.2, -0.15) is 0 Å². The highest BCUT2D eigenvalue weighted by atomic mass is 15.2. The Morgan fingerprint density at radius 1 is 1.10 bits per heavy atom. The van der Waals surface area contributed by atoms with Crippen LogP contribution in [0.15, 0.2) is 30.3 Å². The van der Waals surface area contributed by atoms with Crippen molar-refractivity contribution in [2.75, 3.05) is 37.5 Å². The van der Waals surface area contributed by atoms with Gasteiger partial charge in [-0.3, -0.25) is 0 Å². The van der Waals surface area contributed by atoms with E-state index in [1.54, 1.807) is 0 Å². The molecular formula is C16H20N4. The van der Waals surface area contributed by atoms with E-state index < -0.39 is 0 Å². The van der Waals surface area contributed by atoms with Crippen molar-refractivity contribution in [1.82, 2.24) is 9.97 Å². The van der Waals surface area contributed by atoms with E-state index in [9.17, 15) is 0 Å². The minimum Gasteiger partial charge on any atom is -0.362 e. The number of nitrogens with zero attached hydrogens (tertiary/aromatic N) is 4. The Morgan fingerprint density at radius 2 is 1.85 bits per heavy atom. The van der Waals surface area contributed by atoms with Crippen LogP contribution in [0, 0.1) is 0 Å². The van der Waals surface area contributed by atoms with Crippen molar-refractivity contribution in [3.8, 4) is 11.4 Å². The minimum atomic E-state index is 0.807. The fraction of sp³-hybridized carbons (Fsp3) is 0.375. The SMILES string of the molecule is CN(C)c1nc(-c2ccccc2)nc2c1CCCN2C. The molecule has 3 rings (SSSR count). The maximum absolute atomic E-state index is 4.80. The van der Waals surface area contributed by atoms with Crippen molar-refractivity contribution in [3.63, 3.8) is 0 Å². The van der Waals surface area contributed by atoms with E-state index >= 15 is 0 Å². The van der Waals surface area contributed by atoms with Crippen LogP contribution in [0.25, 0.3) is 11.4 Å². The second-order valence-electron chi connectivity index (χ2n) is 5.46. The lowest BCUT2D eigenvalue weighted by Gasteiger charge is -2.29. The molecule has 1 aromatic heterocycles. The first kappa shape index (κ1) is 12.9. The molecule has 0 amide bonds. The Bertz CT molecular complexity index is 590. The van der Waals surface area contributed by atoms with Gasteiger partial charge in [-0.1, -0.05) is 30.3 Å². The molecule has 1 aliphatic rings. The molecule has 0 saturated carbocycles. The van der Waals surface area contributed by atoms with Crippen molar-refractivity contribution in [3.05, 3.63) is 35.9 Å². The average Bonchev–Trinajstić information content (AvgIpc) is 2.47. The lowest BCUT2D eigenvalue weighted by atomic mass is 10.1. The summed E-state index contributed by atoms with van der Waals surface area (Å²) in [7, 11) is 6.21. The van der Waals surface area contributed by atoms with Crippen molar-refractivity contribution < 1.29 is 0 Å². The highest BCUT2D eigenvalue weighted by Gasteiger charge is 2.22. The first-order valence-electron chi connectivity index (χ1n) is 7.01. The molecule has 0 unspecified atom stereocenters. The second kappa shape index (κ2) is 5.12. The molecular weight excluding hydrogens is 248 g/mol. The molecule has 2 heterocycles. The van der Waals surface area contributed by atoms with Crippen LogP contribution >= 0.6 is 0 Å². The van der Waals surface area contributed by atoms with E-state index in [1.807, 2.05) is 32.3 Å². The van der Waals surface area contributed by atoms with E-state index in [0.29, 0.717) is 0 Å². The summed E-state index contributed by atoms with van der Waals surface area (Å²) in [6.45, 7) is 1.06. The van der Waals surface area contributed by atoms with Crippen LogP contribution in [0.2, 0.25) is 0 Å². The highest BCUT2D eigenvalue weighted by molar-refractivity contribution is 5.67. The van der Waals surface area contributed by atoms with Crippen LogP contribution in [0.1, 0.15) is 12.0 Å². The molecule has 4 nitrogen and oxygen atoms in total. The summed E-state index contributed by atoms with van der Waals surface area (Å²) in [6, 6.07) is 10.2. The van der Waals surface area contributed by atoms with Gasteiger partial charge in [0.25, 0.3) is 0 Å². The zero-order chi connectivity index (χ0) is 14.1. The third-order valence-corrected chi connectivity index (χ3v) is 3.70. The second-order valence-corrected chi connectivity index (χ2v) is 5.46. The summed E-state index contributed by atoms with van der Waals surface area (Å²) in [5.41, 5.74) is 2.33. The Balaban J connectivity index is 2.18. The van der Waals surface area contributed by atoms with Crippen LogP contribution in [0.3, 0.4) is 0 Å². The third kappa shape index (κ3) is 2.22. The van der Waals surface area contributed by atoms with E-state index in [0.717, 1.165) is 36.0 Å². The molecule has 0 N–H and O–H groups in total. The summed E-state index contributed by atoms with van der Waals surface area (Å²) in [4.78, 5) is 13.9.